The molecule has 0 unspecified atom stereocenters. The molecule has 1 aromatic carbocycles. The molecule has 18 heavy (non-hydrogen) atoms. The van der Waals surface area contributed by atoms with Crippen molar-refractivity contribution < 1.29 is 13.9 Å². The SMILES string of the molecule is CC/C(=C/CNc1ccc(Cl)cc1F)C(=O)OC. The standard InChI is InChI=1S/C13H15ClFNO2/c1-3-9(13(17)18-2)6-7-16-12-5-4-10(14)8-11(12)15/h4-6,8,16H,3,7H2,1-2H3/b9-6-. The maximum Gasteiger partial charge on any atom is 0.333 e. The van der Waals surface area contributed by atoms with Gasteiger partial charge in [0.25, 0.3) is 0 Å². The Morgan fingerprint density at radius 3 is 2.83 bits per heavy atom. The second kappa shape index (κ2) is 7.01. The highest BCUT2D eigenvalue weighted by Crippen LogP contribution is 2.18. The van der Waals surface area contributed by atoms with Gasteiger partial charge in [0.1, 0.15) is 5.82 Å². The normalized spacial score (nSPS) is 11.2. The van der Waals surface area contributed by atoms with Gasteiger partial charge in [0, 0.05) is 17.1 Å². The van der Waals surface area contributed by atoms with Gasteiger partial charge in [0.05, 0.1) is 12.8 Å². The molecule has 1 rings (SSSR count). The van der Waals surface area contributed by atoms with Crippen LogP contribution in [0.5, 0.6) is 0 Å². The molecule has 0 aliphatic rings. The van der Waals surface area contributed by atoms with Crippen molar-refractivity contribution in [1.29, 1.82) is 0 Å². The van der Waals surface area contributed by atoms with Crippen LogP contribution in [0.15, 0.2) is 29.8 Å². The number of rotatable bonds is 5. The van der Waals surface area contributed by atoms with Crippen LogP contribution in [0, 0.1) is 5.82 Å². The Morgan fingerprint density at radius 1 is 1.56 bits per heavy atom. The molecule has 3 nitrogen and oxygen atoms in total. The molecule has 1 aromatic rings. The molecule has 0 fully saturated rings. The van der Waals surface area contributed by atoms with Crippen molar-refractivity contribution in [2.75, 3.05) is 19.0 Å². The first kappa shape index (κ1) is 14.5. The third-order valence-electron chi connectivity index (χ3n) is 2.40. The van der Waals surface area contributed by atoms with Gasteiger partial charge in [-0.05, 0) is 24.6 Å². The van der Waals surface area contributed by atoms with E-state index in [-0.39, 0.29) is 5.97 Å². The number of carbonyl (C=O) groups is 1. The summed E-state index contributed by atoms with van der Waals surface area (Å²) in [6.45, 7) is 2.20. The maximum atomic E-state index is 13.4. The van der Waals surface area contributed by atoms with Crippen LogP contribution in [0.4, 0.5) is 10.1 Å². The largest absolute Gasteiger partial charge is 0.466 e. The summed E-state index contributed by atoms with van der Waals surface area (Å²) in [6, 6.07) is 4.38. The fourth-order valence-corrected chi connectivity index (χ4v) is 1.58. The van der Waals surface area contributed by atoms with Crippen molar-refractivity contribution in [1.82, 2.24) is 0 Å². The number of halogens is 2. The van der Waals surface area contributed by atoms with Gasteiger partial charge in [0.15, 0.2) is 0 Å². The second-order valence-electron chi connectivity index (χ2n) is 3.58. The van der Waals surface area contributed by atoms with Gasteiger partial charge < -0.3 is 10.1 Å². The molecule has 0 heterocycles. The van der Waals surface area contributed by atoms with Crippen LogP contribution in [0.1, 0.15) is 13.3 Å². The highest BCUT2D eigenvalue weighted by atomic mass is 35.5. The predicted molar refractivity (Wildman–Crippen MR) is 70.3 cm³/mol. The summed E-state index contributed by atoms with van der Waals surface area (Å²) in [5.41, 5.74) is 0.898. The van der Waals surface area contributed by atoms with E-state index in [0.717, 1.165) is 0 Å². The number of carbonyl (C=O) groups excluding carboxylic acids is 1. The highest BCUT2D eigenvalue weighted by Gasteiger charge is 2.06. The topological polar surface area (TPSA) is 38.3 Å². The Kier molecular flexibility index (Phi) is 5.65. The number of hydrogen-bond acceptors (Lipinski definition) is 3. The zero-order valence-electron chi connectivity index (χ0n) is 10.3. The van der Waals surface area contributed by atoms with E-state index in [1.165, 1.54) is 13.2 Å². The molecular formula is C13H15ClFNO2. The Balaban J connectivity index is 2.65. The van der Waals surface area contributed by atoms with Crippen LogP contribution in [0.3, 0.4) is 0 Å². The molecular weight excluding hydrogens is 257 g/mol. The van der Waals surface area contributed by atoms with E-state index < -0.39 is 5.82 Å². The van der Waals surface area contributed by atoms with Crippen molar-refractivity contribution in [3.05, 3.63) is 40.7 Å². The molecule has 0 atom stereocenters. The molecule has 5 heteroatoms. The van der Waals surface area contributed by atoms with Crippen LogP contribution in [-0.4, -0.2) is 19.6 Å². The first-order valence-corrected chi connectivity index (χ1v) is 5.92. The van der Waals surface area contributed by atoms with Gasteiger partial charge in [-0.15, -0.1) is 0 Å². The van der Waals surface area contributed by atoms with Crippen LogP contribution < -0.4 is 5.32 Å². The molecule has 0 spiro atoms. The van der Waals surface area contributed by atoms with E-state index >= 15 is 0 Å². The number of nitrogens with one attached hydrogen (secondary N) is 1. The van der Waals surface area contributed by atoms with Crippen molar-refractivity contribution in [3.8, 4) is 0 Å². The number of methoxy groups -OCH3 is 1. The number of esters is 1. The van der Waals surface area contributed by atoms with Crippen LogP contribution >= 0.6 is 11.6 Å². The lowest BCUT2D eigenvalue weighted by Crippen LogP contribution is -2.07. The van der Waals surface area contributed by atoms with E-state index in [2.05, 4.69) is 10.1 Å². The number of anilines is 1. The molecule has 0 bridgehead atoms. The molecule has 0 aliphatic carbocycles. The van der Waals surface area contributed by atoms with Gasteiger partial charge in [-0.3, -0.25) is 0 Å². The van der Waals surface area contributed by atoms with Crippen molar-refractivity contribution in [2.24, 2.45) is 0 Å². The third kappa shape index (κ3) is 4.04. The first-order chi connectivity index (χ1) is 8.58. The summed E-state index contributed by atoms with van der Waals surface area (Å²) in [5.74, 6) is -0.789. The van der Waals surface area contributed by atoms with Crippen LogP contribution in [-0.2, 0) is 9.53 Å². The lowest BCUT2D eigenvalue weighted by Gasteiger charge is -2.06. The van der Waals surface area contributed by atoms with Gasteiger partial charge in [-0.1, -0.05) is 24.6 Å². The highest BCUT2D eigenvalue weighted by molar-refractivity contribution is 6.30. The van der Waals surface area contributed by atoms with Crippen LogP contribution in [0.2, 0.25) is 5.02 Å². The van der Waals surface area contributed by atoms with Gasteiger partial charge in [-0.2, -0.15) is 0 Å². The summed E-state index contributed by atoms with van der Waals surface area (Å²) in [4.78, 5) is 11.3. The quantitative estimate of drug-likeness (QED) is 0.659. The fraction of sp³-hybridized carbons (Fsp3) is 0.308. The number of benzene rings is 1. The minimum absolute atomic E-state index is 0.343. The Morgan fingerprint density at radius 2 is 2.28 bits per heavy atom. The summed E-state index contributed by atoms with van der Waals surface area (Å²) >= 11 is 5.64. The minimum Gasteiger partial charge on any atom is -0.466 e. The van der Waals surface area contributed by atoms with E-state index in [1.54, 1.807) is 18.2 Å². The van der Waals surface area contributed by atoms with E-state index in [1.807, 2.05) is 6.92 Å². The van der Waals surface area contributed by atoms with Gasteiger partial charge in [0.2, 0.25) is 0 Å². The van der Waals surface area contributed by atoms with Gasteiger partial charge in [-0.25, -0.2) is 9.18 Å². The molecule has 1 N–H and O–H groups in total. The van der Waals surface area contributed by atoms with Crippen molar-refractivity contribution >= 4 is 23.3 Å². The monoisotopic (exact) mass is 271 g/mol. The smallest absolute Gasteiger partial charge is 0.333 e. The van der Waals surface area contributed by atoms with E-state index in [4.69, 9.17) is 11.6 Å². The van der Waals surface area contributed by atoms with Crippen molar-refractivity contribution in [2.45, 2.75) is 13.3 Å². The molecule has 0 aromatic heterocycles. The van der Waals surface area contributed by atoms with Gasteiger partial charge >= 0.3 is 5.97 Å². The summed E-state index contributed by atoms with van der Waals surface area (Å²) < 4.78 is 18.0. The number of hydrogen-bond donors (Lipinski definition) is 1. The summed E-state index contributed by atoms with van der Waals surface area (Å²) in [6.07, 6.45) is 2.25. The lowest BCUT2D eigenvalue weighted by atomic mass is 10.2. The Bertz CT molecular complexity index is 460. The lowest BCUT2D eigenvalue weighted by molar-refractivity contribution is -0.136. The Hall–Kier alpha value is -1.55. The predicted octanol–water partition coefficient (Wildman–Crippen LogP) is 3.40. The Labute approximate surface area is 111 Å². The molecule has 0 radical (unpaired) electrons. The zero-order valence-corrected chi connectivity index (χ0v) is 11.1. The van der Waals surface area contributed by atoms with Crippen molar-refractivity contribution in [3.63, 3.8) is 0 Å². The molecule has 0 saturated carbocycles. The van der Waals surface area contributed by atoms with Crippen LogP contribution in [0.25, 0.3) is 0 Å². The summed E-state index contributed by atoms with van der Waals surface area (Å²) in [7, 11) is 1.33. The maximum absolute atomic E-state index is 13.4. The average Bonchev–Trinajstić information content (AvgIpc) is 2.36. The fourth-order valence-electron chi connectivity index (χ4n) is 1.42. The van der Waals surface area contributed by atoms with E-state index in [0.29, 0.717) is 29.2 Å². The molecule has 0 saturated heterocycles. The number of ether oxygens (including phenoxy) is 1. The molecule has 98 valence electrons. The summed E-state index contributed by atoms with van der Waals surface area (Å²) in [5, 5.41) is 3.21. The second-order valence-corrected chi connectivity index (χ2v) is 4.02. The van der Waals surface area contributed by atoms with E-state index in [9.17, 15) is 9.18 Å². The zero-order chi connectivity index (χ0) is 13.5. The first-order valence-electron chi connectivity index (χ1n) is 5.54. The molecule has 0 aliphatic heterocycles. The third-order valence-corrected chi connectivity index (χ3v) is 2.64. The molecule has 0 amide bonds. The minimum atomic E-state index is -0.424. The average molecular weight is 272 g/mol.